The van der Waals surface area contributed by atoms with Crippen LogP contribution in [0.3, 0.4) is 0 Å². The van der Waals surface area contributed by atoms with Crippen LogP contribution in [0.2, 0.25) is 0 Å². The predicted molar refractivity (Wildman–Crippen MR) is 77.3 cm³/mol. The highest BCUT2D eigenvalue weighted by molar-refractivity contribution is 6.55. The Morgan fingerprint density at radius 3 is 2.45 bits per heavy atom. The van der Waals surface area contributed by atoms with Crippen LogP contribution in [-0.4, -0.2) is 29.8 Å². The van der Waals surface area contributed by atoms with Crippen molar-refractivity contribution in [2.24, 2.45) is 5.73 Å². The van der Waals surface area contributed by atoms with Crippen LogP contribution >= 0.6 is 0 Å². The molecule has 0 bridgehead atoms. The van der Waals surface area contributed by atoms with E-state index in [9.17, 15) is 4.39 Å². The van der Waals surface area contributed by atoms with Crippen LogP contribution in [0.15, 0.2) is 23.8 Å². The molecule has 0 radical (unpaired) electrons. The molecule has 0 unspecified atom stereocenters. The quantitative estimate of drug-likeness (QED) is 0.680. The minimum atomic E-state index is -0.565. The molecule has 0 aromatic carbocycles. The van der Waals surface area contributed by atoms with Crippen molar-refractivity contribution in [1.29, 1.82) is 0 Å². The van der Waals surface area contributed by atoms with Crippen LogP contribution in [0.1, 0.15) is 33.3 Å². The molecular formula is C14H20BFN2O2. The van der Waals surface area contributed by atoms with E-state index in [0.717, 1.165) is 0 Å². The summed E-state index contributed by atoms with van der Waals surface area (Å²) in [6.45, 7) is 8.08. The smallest absolute Gasteiger partial charge is 0.400 e. The third kappa shape index (κ3) is 2.77. The van der Waals surface area contributed by atoms with Crippen LogP contribution in [0, 0.1) is 5.95 Å². The van der Waals surface area contributed by atoms with Crippen molar-refractivity contribution in [2.45, 2.75) is 38.9 Å². The first-order chi connectivity index (χ1) is 9.27. The van der Waals surface area contributed by atoms with Gasteiger partial charge in [-0.25, -0.2) is 4.98 Å². The molecule has 0 spiro atoms. The molecule has 1 saturated heterocycles. The van der Waals surface area contributed by atoms with Crippen molar-refractivity contribution in [1.82, 2.24) is 4.98 Å². The maximum absolute atomic E-state index is 13.6. The van der Waals surface area contributed by atoms with E-state index < -0.39 is 24.3 Å². The minimum Gasteiger partial charge on any atom is -0.400 e. The van der Waals surface area contributed by atoms with E-state index in [2.05, 4.69) is 4.98 Å². The zero-order valence-electron chi connectivity index (χ0n) is 12.3. The van der Waals surface area contributed by atoms with Gasteiger partial charge in [-0.1, -0.05) is 6.08 Å². The van der Waals surface area contributed by atoms with Gasteiger partial charge in [0.2, 0.25) is 5.95 Å². The van der Waals surface area contributed by atoms with Gasteiger partial charge in [0.15, 0.2) is 0 Å². The molecule has 20 heavy (non-hydrogen) atoms. The summed E-state index contributed by atoms with van der Waals surface area (Å²) in [7, 11) is -0.565. The number of aromatic nitrogens is 1. The molecule has 0 aliphatic carbocycles. The first-order valence-electron chi connectivity index (χ1n) is 6.63. The van der Waals surface area contributed by atoms with Gasteiger partial charge < -0.3 is 15.0 Å². The Kier molecular flexibility index (Phi) is 4.00. The lowest BCUT2D eigenvalue weighted by molar-refractivity contribution is 0.00578. The first-order valence-corrected chi connectivity index (χ1v) is 6.63. The molecule has 4 nitrogen and oxygen atoms in total. The fourth-order valence-corrected chi connectivity index (χ4v) is 1.92. The molecule has 1 aliphatic rings. The Morgan fingerprint density at radius 1 is 1.35 bits per heavy atom. The average Bonchev–Trinajstić information content (AvgIpc) is 2.57. The maximum Gasteiger partial charge on any atom is 0.491 e. The van der Waals surface area contributed by atoms with Gasteiger partial charge in [-0.2, -0.15) is 4.39 Å². The Balaban J connectivity index is 2.29. The summed E-state index contributed by atoms with van der Waals surface area (Å²) in [5.41, 5.74) is 5.93. The standard InChI is InChI=1S/C14H20BFN2O2/c1-13(2)14(3,4)20-15(19-13)11(9-17)8-10-6-5-7-18-12(10)16/h5-8H,9,17H2,1-4H3. The van der Waals surface area contributed by atoms with E-state index in [1.807, 2.05) is 27.7 Å². The molecule has 1 aromatic rings. The van der Waals surface area contributed by atoms with Gasteiger partial charge in [-0.3, -0.25) is 0 Å². The van der Waals surface area contributed by atoms with Gasteiger partial charge in [0.05, 0.1) is 11.2 Å². The Bertz CT molecular complexity index is 516. The van der Waals surface area contributed by atoms with Crippen LogP contribution < -0.4 is 5.73 Å². The van der Waals surface area contributed by atoms with Crippen LogP contribution in [0.25, 0.3) is 6.08 Å². The number of nitrogens with zero attached hydrogens (tertiary/aromatic N) is 1. The van der Waals surface area contributed by atoms with Crippen molar-refractivity contribution in [2.75, 3.05) is 6.54 Å². The van der Waals surface area contributed by atoms with Gasteiger partial charge in [0.1, 0.15) is 0 Å². The normalized spacial score (nSPS) is 21.3. The highest BCUT2D eigenvalue weighted by atomic mass is 19.1. The molecule has 2 heterocycles. The SMILES string of the molecule is CC1(C)OB(C(=Cc2cccnc2F)CN)OC1(C)C. The highest BCUT2D eigenvalue weighted by Crippen LogP contribution is 2.38. The van der Waals surface area contributed by atoms with E-state index in [1.165, 1.54) is 6.20 Å². The fraction of sp³-hybridized carbons (Fsp3) is 0.500. The highest BCUT2D eigenvalue weighted by Gasteiger charge is 2.52. The molecule has 1 aliphatic heterocycles. The summed E-state index contributed by atoms with van der Waals surface area (Å²) in [5, 5.41) is 0. The third-order valence-electron chi connectivity index (χ3n) is 3.92. The molecule has 2 rings (SSSR count). The molecular weight excluding hydrogens is 258 g/mol. The molecule has 0 saturated carbocycles. The monoisotopic (exact) mass is 278 g/mol. The number of rotatable bonds is 3. The van der Waals surface area contributed by atoms with Gasteiger partial charge in [0, 0.05) is 18.3 Å². The van der Waals surface area contributed by atoms with E-state index >= 15 is 0 Å². The Hall–Kier alpha value is -1.24. The second-order valence-electron chi connectivity index (χ2n) is 5.90. The molecule has 1 aromatic heterocycles. The first kappa shape index (κ1) is 15.2. The van der Waals surface area contributed by atoms with Gasteiger partial charge in [0.25, 0.3) is 0 Å². The van der Waals surface area contributed by atoms with Crippen molar-refractivity contribution in [3.05, 3.63) is 35.3 Å². The number of hydrogen-bond acceptors (Lipinski definition) is 4. The second kappa shape index (κ2) is 5.28. The average molecular weight is 278 g/mol. The van der Waals surface area contributed by atoms with E-state index in [4.69, 9.17) is 15.0 Å². The van der Waals surface area contributed by atoms with Crippen molar-refractivity contribution >= 4 is 13.2 Å². The molecule has 0 amide bonds. The maximum atomic E-state index is 13.6. The summed E-state index contributed by atoms with van der Waals surface area (Å²) >= 11 is 0. The summed E-state index contributed by atoms with van der Waals surface area (Å²) < 4.78 is 25.4. The van der Waals surface area contributed by atoms with Crippen LogP contribution in [-0.2, 0) is 9.31 Å². The van der Waals surface area contributed by atoms with Crippen LogP contribution in [0.5, 0.6) is 0 Å². The molecule has 108 valence electrons. The van der Waals surface area contributed by atoms with Crippen molar-refractivity contribution in [3.63, 3.8) is 0 Å². The zero-order valence-corrected chi connectivity index (χ0v) is 12.3. The van der Waals surface area contributed by atoms with Crippen molar-refractivity contribution < 1.29 is 13.7 Å². The number of hydrogen-bond donors (Lipinski definition) is 1. The van der Waals surface area contributed by atoms with E-state index in [1.54, 1.807) is 18.2 Å². The molecule has 2 N–H and O–H groups in total. The molecule has 0 atom stereocenters. The van der Waals surface area contributed by atoms with Crippen LogP contribution in [0.4, 0.5) is 4.39 Å². The Morgan fingerprint density at radius 2 is 1.95 bits per heavy atom. The number of pyridine rings is 1. The summed E-state index contributed by atoms with van der Waals surface area (Å²) in [6, 6.07) is 3.32. The summed E-state index contributed by atoms with van der Waals surface area (Å²) in [6.07, 6.45) is 3.05. The second-order valence-corrected chi connectivity index (χ2v) is 5.90. The lowest BCUT2D eigenvalue weighted by atomic mass is 9.77. The lowest BCUT2D eigenvalue weighted by Crippen LogP contribution is -2.41. The minimum absolute atomic E-state index is 0.227. The Labute approximate surface area is 119 Å². The largest absolute Gasteiger partial charge is 0.491 e. The number of nitrogens with two attached hydrogens (primary N) is 1. The predicted octanol–water partition coefficient (Wildman–Crippen LogP) is 2.19. The van der Waals surface area contributed by atoms with E-state index in [-0.39, 0.29) is 6.54 Å². The molecule has 6 heteroatoms. The lowest BCUT2D eigenvalue weighted by Gasteiger charge is -2.32. The van der Waals surface area contributed by atoms with Crippen molar-refractivity contribution in [3.8, 4) is 0 Å². The topological polar surface area (TPSA) is 57.4 Å². The van der Waals surface area contributed by atoms with E-state index in [0.29, 0.717) is 11.0 Å². The van der Waals surface area contributed by atoms with Gasteiger partial charge >= 0.3 is 7.12 Å². The van der Waals surface area contributed by atoms with Gasteiger partial charge in [-0.05, 0) is 45.3 Å². The fourth-order valence-electron chi connectivity index (χ4n) is 1.92. The zero-order chi connectivity index (χ0) is 15.0. The summed E-state index contributed by atoms with van der Waals surface area (Å²) in [4.78, 5) is 3.62. The molecule has 1 fully saturated rings. The summed E-state index contributed by atoms with van der Waals surface area (Å²) in [5.74, 6) is -0.532. The number of halogens is 1. The van der Waals surface area contributed by atoms with Gasteiger partial charge in [-0.15, -0.1) is 0 Å². The third-order valence-corrected chi connectivity index (χ3v) is 3.92.